The van der Waals surface area contributed by atoms with E-state index in [1.807, 2.05) is 24.4 Å². The molecular formula is C20H19BrFNO4. The lowest BCUT2D eigenvalue weighted by Crippen LogP contribution is -2.01. The van der Waals surface area contributed by atoms with Crippen molar-refractivity contribution < 1.29 is 23.5 Å². The van der Waals surface area contributed by atoms with Gasteiger partial charge >= 0.3 is 5.97 Å². The fraction of sp³-hybridized carbons (Fsp3) is 0.200. The Morgan fingerprint density at radius 1 is 1.22 bits per heavy atom. The van der Waals surface area contributed by atoms with Gasteiger partial charge < -0.3 is 14.0 Å². The number of benzene rings is 2. The summed E-state index contributed by atoms with van der Waals surface area (Å²) in [5.41, 5.74) is 2.02. The zero-order chi connectivity index (χ0) is 19.8. The predicted molar refractivity (Wildman–Crippen MR) is 104 cm³/mol. The van der Waals surface area contributed by atoms with Crippen LogP contribution >= 0.6 is 15.9 Å². The zero-order valence-electron chi connectivity index (χ0n) is 14.9. The predicted octanol–water partition coefficient (Wildman–Crippen LogP) is 4.70. The molecule has 0 unspecified atom stereocenters. The van der Waals surface area contributed by atoms with Gasteiger partial charge in [-0.2, -0.15) is 0 Å². The summed E-state index contributed by atoms with van der Waals surface area (Å²) in [5.74, 6) is -0.0793. The molecule has 0 radical (unpaired) electrons. The van der Waals surface area contributed by atoms with E-state index in [9.17, 15) is 14.0 Å². The first-order valence-electron chi connectivity index (χ1n) is 8.21. The van der Waals surface area contributed by atoms with E-state index in [4.69, 9.17) is 4.74 Å². The molecule has 0 N–H and O–H groups in total. The number of hydrogen-bond acceptors (Lipinski definition) is 4. The highest BCUT2D eigenvalue weighted by molar-refractivity contribution is 9.10. The van der Waals surface area contributed by atoms with Gasteiger partial charge in [0.25, 0.3) is 6.47 Å². The summed E-state index contributed by atoms with van der Waals surface area (Å²) in [7, 11) is 0. The Morgan fingerprint density at radius 3 is 2.59 bits per heavy atom. The Bertz CT molecular complexity index is 939. The van der Waals surface area contributed by atoms with Crippen molar-refractivity contribution >= 4 is 39.3 Å². The Kier molecular flexibility index (Phi) is 7.55. The summed E-state index contributed by atoms with van der Waals surface area (Å²) in [6.07, 6.45) is 1.96. The van der Waals surface area contributed by atoms with Crippen molar-refractivity contribution in [1.29, 1.82) is 0 Å². The van der Waals surface area contributed by atoms with Gasteiger partial charge in [0.05, 0.1) is 11.1 Å². The van der Waals surface area contributed by atoms with Crippen LogP contribution in [0.1, 0.15) is 19.4 Å². The number of hydrogen-bond donors (Lipinski definition) is 0. The van der Waals surface area contributed by atoms with Gasteiger partial charge in [-0.25, -0.2) is 4.39 Å². The second-order valence-electron chi connectivity index (χ2n) is 5.56. The largest absolute Gasteiger partial charge is 0.468 e. The summed E-state index contributed by atoms with van der Waals surface area (Å²) in [5, 5.41) is 0.986. The van der Waals surface area contributed by atoms with Gasteiger partial charge in [0, 0.05) is 30.6 Å². The molecule has 3 rings (SSSR count). The number of ether oxygens (including phenoxy) is 2. The average Bonchev–Trinajstić information content (AvgIpc) is 3.01. The minimum absolute atomic E-state index is 0.271. The SMILES string of the molecule is CC(=O)Oc1ccc2c(ccn2Cc2ccc(F)c(Br)c2)c1.CCOC=O. The molecule has 1 heterocycles. The van der Waals surface area contributed by atoms with Crippen molar-refractivity contribution in [2.75, 3.05) is 6.61 Å². The van der Waals surface area contributed by atoms with Crippen LogP contribution in [0.25, 0.3) is 10.9 Å². The summed E-state index contributed by atoms with van der Waals surface area (Å²) in [6, 6.07) is 12.4. The highest BCUT2D eigenvalue weighted by Crippen LogP contribution is 2.24. The molecule has 1 aromatic heterocycles. The van der Waals surface area contributed by atoms with Crippen LogP contribution in [0.2, 0.25) is 0 Å². The molecule has 2 aromatic carbocycles. The molecule has 0 amide bonds. The van der Waals surface area contributed by atoms with Gasteiger partial charge in [0.1, 0.15) is 11.6 Å². The second kappa shape index (κ2) is 9.87. The second-order valence-corrected chi connectivity index (χ2v) is 6.41. The topological polar surface area (TPSA) is 57.5 Å². The van der Waals surface area contributed by atoms with Crippen molar-refractivity contribution in [3.63, 3.8) is 0 Å². The fourth-order valence-corrected chi connectivity index (χ4v) is 2.87. The molecule has 0 aliphatic heterocycles. The lowest BCUT2D eigenvalue weighted by molar-refractivity contribution is -0.132. The van der Waals surface area contributed by atoms with E-state index in [-0.39, 0.29) is 11.8 Å². The van der Waals surface area contributed by atoms with Gasteiger partial charge in [0.15, 0.2) is 0 Å². The van der Waals surface area contributed by atoms with Crippen LogP contribution in [0.5, 0.6) is 5.75 Å². The highest BCUT2D eigenvalue weighted by Gasteiger charge is 2.06. The van der Waals surface area contributed by atoms with Crippen molar-refractivity contribution in [3.05, 3.63) is 64.5 Å². The minimum atomic E-state index is -0.338. The lowest BCUT2D eigenvalue weighted by Gasteiger charge is -2.07. The summed E-state index contributed by atoms with van der Waals surface area (Å²) in [6.45, 7) is 4.68. The molecular weight excluding hydrogens is 417 g/mol. The zero-order valence-corrected chi connectivity index (χ0v) is 16.5. The molecule has 27 heavy (non-hydrogen) atoms. The van der Waals surface area contributed by atoms with Crippen molar-refractivity contribution in [2.45, 2.75) is 20.4 Å². The van der Waals surface area contributed by atoms with Crippen LogP contribution in [0.15, 0.2) is 53.1 Å². The summed E-state index contributed by atoms with van der Waals surface area (Å²) in [4.78, 5) is 20.2. The number of fused-ring (bicyclic) bond motifs is 1. The van der Waals surface area contributed by atoms with Gasteiger partial charge in [0.2, 0.25) is 0 Å². The van der Waals surface area contributed by atoms with Crippen LogP contribution in [0, 0.1) is 5.82 Å². The van der Waals surface area contributed by atoms with E-state index in [0.29, 0.717) is 29.8 Å². The third-order valence-electron chi connectivity index (χ3n) is 3.58. The van der Waals surface area contributed by atoms with E-state index in [1.54, 1.807) is 25.1 Å². The Hall–Kier alpha value is -2.67. The molecule has 0 spiro atoms. The Labute approximate surface area is 164 Å². The van der Waals surface area contributed by atoms with Crippen molar-refractivity contribution in [2.24, 2.45) is 0 Å². The molecule has 0 fully saturated rings. The van der Waals surface area contributed by atoms with Gasteiger partial charge in [-0.05, 0) is 64.8 Å². The number of carbonyl (C=O) groups excluding carboxylic acids is 2. The standard InChI is InChI=1S/C17H13BrFNO2.C3H6O2/c1-11(21)22-14-3-5-17-13(9-14)6-7-20(17)10-12-2-4-16(19)15(18)8-12;1-2-5-3-4/h2-9H,10H2,1H3;3H,2H2,1H3. The average molecular weight is 436 g/mol. The lowest BCUT2D eigenvalue weighted by atomic mass is 10.2. The maximum atomic E-state index is 13.3. The molecule has 0 atom stereocenters. The van der Waals surface area contributed by atoms with Crippen LogP contribution in [0.3, 0.4) is 0 Å². The molecule has 142 valence electrons. The van der Waals surface area contributed by atoms with E-state index < -0.39 is 0 Å². The molecule has 7 heteroatoms. The molecule has 5 nitrogen and oxygen atoms in total. The quantitative estimate of drug-likeness (QED) is 0.331. The molecule has 0 bridgehead atoms. The molecule has 0 saturated heterocycles. The molecule has 0 aliphatic carbocycles. The van der Waals surface area contributed by atoms with E-state index >= 15 is 0 Å². The smallest absolute Gasteiger partial charge is 0.308 e. The van der Waals surface area contributed by atoms with Crippen molar-refractivity contribution in [3.8, 4) is 5.75 Å². The first-order valence-corrected chi connectivity index (χ1v) is 9.00. The summed E-state index contributed by atoms with van der Waals surface area (Å²) >= 11 is 3.20. The maximum Gasteiger partial charge on any atom is 0.308 e. The first-order chi connectivity index (χ1) is 12.9. The van der Waals surface area contributed by atoms with Gasteiger partial charge in [-0.1, -0.05) is 6.07 Å². The van der Waals surface area contributed by atoms with Gasteiger partial charge in [-0.15, -0.1) is 0 Å². The molecule has 3 aromatic rings. The monoisotopic (exact) mass is 435 g/mol. The fourth-order valence-electron chi connectivity index (χ4n) is 2.45. The van der Waals surface area contributed by atoms with Crippen LogP contribution < -0.4 is 4.74 Å². The normalized spacial score (nSPS) is 10.1. The van der Waals surface area contributed by atoms with Crippen LogP contribution in [-0.2, 0) is 20.9 Å². The number of aromatic nitrogens is 1. The van der Waals surface area contributed by atoms with Crippen molar-refractivity contribution in [1.82, 2.24) is 4.57 Å². The number of carbonyl (C=O) groups is 2. The van der Waals surface area contributed by atoms with E-state index in [0.717, 1.165) is 16.5 Å². The number of nitrogens with zero attached hydrogens (tertiary/aromatic N) is 1. The Balaban J connectivity index is 0.000000465. The maximum absolute atomic E-state index is 13.3. The Morgan fingerprint density at radius 2 is 2.00 bits per heavy atom. The molecule has 0 saturated carbocycles. The third kappa shape index (κ3) is 5.92. The van der Waals surface area contributed by atoms with Gasteiger partial charge in [-0.3, -0.25) is 9.59 Å². The number of halogens is 2. The minimum Gasteiger partial charge on any atom is -0.468 e. The van der Waals surface area contributed by atoms with E-state index in [2.05, 4.69) is 25.2 Å². The summed E-state index contributed by atoms with van der Waals surface area (Å²) < 4.78 is 25.0. The molecule has 0 aliphatic rings. The number of esters is 1. The number of rotatable bonds is 5. The first kappa shape index (κ1) is 20.6. The van der Waals surface area contributed by atoms with Crippen LogP contribution in [0.4, 0.5) is 4.39 Å². The van der Waals surface area contributed by atoms with Crippen LogP contribution in [-0.4, -0.2) is 23.6 Å². The third-order valence-corrected chi connectivity index (χ3v) is 4.18. The highest BCUT2D eigenvalue weighted by atomic mass is 79.9. The van der Waals surface area contributed by atoms with E-state index in [1.165, 1.54) is 13.0 Å².